The number of nitrogen functional groups attached to an aromatic ring is 1. The van der Waals surface area contributed by atoms with Gasteiger partial charge in [-0.15, -0.1) is 0 Å². The van der Waals surface area contributed by atoms with Gasteiger partial charge in [0.25, 0.3) is 0 Å². The van der Waals surface area contributed by atoms with Crippen LogP contribution in [0.25, 0.3) is 0 Å². The molecule has 1 aromatic carbocycles. The number of hydrogen-bond donors (Lipinski definition) is 2. The van der Waals surface area contributed by atoms with Gasteiger partial charge in [0.1, 0.15) is 23.6 Å². The Morgan fingerprint density at radius 3 is 2.57 bits per heavy atom. The van der Waals surface area contributed by atoms with Crippen LogP contribution in [0.4, 0.5) is 31.8 Å². The Morgan fingerprint density at radius 2 is 1.90 bits per heavy atom. The number of halogens is 2. The third-order valence-electron chi connectivity index (χ3n) is 3.11. The summed E-state index contributed by atoms with van der Waals surface area (Å²) >= 11 is 0. The molecule has 0 saturated carbocycles. The molecule has 0 unspecified atom stereocenters. The van der Waals surface area contributed by atoms with Gasteiger partial charge in [-0.3, -0.25) is 0 Å². The minimum absolute atomic E-state index is 0.0223. The van der Waals surface area contributed by atoms with Gasteiger partial charge in [-0.2, -0.15) is 0 Å². The van der Waals surface area contributed by atoms with Crippen molar-refractivity contribution in [1.29, 1.82) is 0 Å². The standard InChI is InChI=1S/C14H17F2N5/c1-3-21(4-2)14-12(17)13(18-8-19-14)20-11-7-9(15)5-6-10(11)16/h5-8H,3-4,17H2,1-2H3,(H,18,19,20). The maximum atomic E-state index is 13.7. The van der Waals surface area contributed by atoms with Crippen LogP contribution in [-0.2, 0) is 0 Å². The van der Waals surface area contributed by atoms with Crippen LogP contribution < -0.4 is 16.0 Å². The van der Waals surface area contributed by atoms with E-state index in [4.69, 9.17) is 5.73 Å². The second-order valence-corrected chi connectivity index (χ2v) is 4.38. The number of nitrogens with two attached hydrogens (primary N) is 1. The van der Waals surface area contributed by atoms with Crippen LogP contribution in [0.5, 0.6) is 0 Å². The molecule has 2 aromatic rings. The summed E-state index contributed by atoms with van der Waals surface area (Å²) in [7, 11) is 0. The molecular formula is C14H17F2N5. The predicted molar refractivity (Wildman–Crippen MR) is 79.6 cm³/mol. The van der Waals surface area contributed by atoms with Crippen LogP contribution in [0.15, 0.2) is 24.5 Å². The molecule has 0 aliphatic rings. The van der Waals surface area contributed by atoms with E-state index in [0.29, 0.717) is 11.5 Å². The number of hydrogen-bond acceptors (Lipinski definition) is 5. The number of nitrogens with one attached hydrogen (secondary N) is 1. The highest BCUT2D eigenvalue weighted by Crippen LogP contribution is 2.29. The average Bonchev–Trinajstić information content (AvgIpc) is 2.47. The largest absolute Gasteiger partial charge is 0.393 e. The van der Waals surface area contributed by atoms with Gasteiger partial charge in [0.05, 0.1) is 5.69 Å². The molecule has 7 heteroatoms. The first-order chi connectivity index (χ1) is 10.1. The van der Waals surface area contributed by atoms with Crippen molar-refractivity contribution >= 4 is 23.0 Å². The lowest BCUT2D eigenvalue weighted by molar-refractivity contribution is 0.603. The lowest BCUT2D eigenvalue weighted by atomic mass is 10.3. The smallest absolute Gasteiger partial charge is 0.159 e. The molecule has 3 N–H and O–H groups in total. The summed E-state index contributed by atoms with van der Waals surface area (Å²) in [4.78, 5) is 10.1. The summed E-state index contributed by atoms with van der Waals surface area (Å²) < 4.78 is 26.8. The van der Waals surface area contributed by atoms with Crippen molar-refractivity contribution in [2.75, 3.05) is 29.0 Å². The Labute approximate surface area is 121 Å². The molecule has 1 heterocycles. The first-order valence-electron chi connectivity index (χ1n) is 6.64. The predicted octanol–water partition coefficient (Wildman–Crippen LogP) is 2.93. The monoisotopic (exact) mass is 293 g/mol. The zero-order valence-electron chi connectivity index (χ0n) is 11.9. The highest BCUT2D eigenvalue weighted by atomic mass is 19.1. The molecule has 0 saturated heterocycles. The third kappa shape index (κ3) is 3.18. The first-order valence-corrected chi connectivity index (χ1v) is 6.64. The van der Waals surface area contributed by atoms with E-state index < -0.39 is 11.6 Å². The Balaban J connectivity index is 2.37. The fourth-order valence-corrected chi connectivity index (χ4v) is 1.98. The van der Waals surface area contributed by atoms with Crippen LogP contribution in [-0.4, -0.2) is 23.1 Å². The molecule has 0 bridgehead atoms. The SMILES string of the molecule is CCN(CC)c1ncnc(Nc2cc(F)ccc2F)c1N. The normalized spacial score (nSPS) is 10.5. The van der Waals surface area contributed by atoms with Gasteiger partial charge in [-0.1, -0.05) is 0 Å². The average molecular weight is 293 g/mol. The molecule has 1 aromatic heterocycles. The van der Waals surface area contributed by atoms with Crippen molar-refractivity contribution < 1.29 is 8.78 Å². The van der Waals surface area contributed by atoms with E-state index in [0.717, 1.165) is 31.3 Å². The maximum absolute atomic E-state index is 13.7. The van der Waals surface area contributed by atoms with Crippen LogP contribution in [0.2, 0.25) is 0 Å². The van der Waals surface area contributed by atoms with E-state index in [-0.39, 0.29) is 11.5 Å². The van der Waals surface area contributed by atoms with E-state index in [1.165, 1.54) is 6.33 Å². The Hall–Kier alpha value is -2.44. The summed E-state index contributed by atoms with van der Waals surface area (Å²) in [6.07, 6.45) is 1.34. The fourth-order valence-electron chi connectivity index (χ4n) is 1.98. The van der Waals surface area contributed by atoms with E-state index >= 15 is 0 Å². The number of rotatable bonds is 5. The summed E-state index contributed by atoms with van der Waals surface area (Å²) in [6, 6.07) is 3.14. The Morgan fingerprint density at radius 1 is 1.19 bits per heavy atom. The number of benzene rings is 1. The highest BCUT2D eigenvalue weighted by molar-refractivity contribution is 5.78. The molecular weight excluding hydrogens is 276 g/mol. The van der Waals surface area contributed by atoms with E-state index in [1.54, 1.807) is 0 Å². The van der Waals surface area contributed by atoms with E-state index in [2.05, 4.69) is 15.3 Å². The molecule has 0 atom stereocenters. The summed E-state index contributed by atoms with van der Waals surface area (Å²) in [5.74, 6) is -0.319. The van der Waals surface area contributed by atoms with E-state index in [1.807, 2.05) is 18.7 Å². The molecule has 0 radical (unpaired) electrons. The third-order valence-corrected chi connectivity index (χ3v) is 3.11. The molecule has 112 valence electrons. The summed E-state index contributed by atoms with van der Waals surface area (Å²) in [6.45, 7) is 5.41. The second-order valence-electron chi connectivity index (χ2n) is 4.38. The maximum Gasteiger partial charge on any atom is 0.159 e. The Bertz CT molecular complexity index is 629. The molecule has 2 rings (SSSR count). The van der Waals surface area contributed by atoms with Crippen LogP contribution in [0.3, 0.4) is 0 Å². The lowest BCUT2D eigenvalue weighted by Gasteiger charge is -2.22. The van der Waals surface area contributed by atoms with Gasteiger partial charge in [-0.25, -0.2) is 18.7 Å². The molecule has 0 aliphatic carbocycles. The fraction of sp³-hybridized carbons (Fsp3) is 0.286. The number of aromatic nitrogens is 2. The zero-order valence-corrected chi connectivity index (χ0v) is 11.9. The van der Waals surface area contributed by atoms with Gasteiger partial charge in [0.2, 0.25) is 0 Å². The zero-order chi connectivity index (χ0) is 15.4. The van der Waals surface area contributed by atoms with Crippen molar-refractivity contribution in [3.63, 3.8) is 0 Å². The minimum Gasteiger partial charge on any atom is -0.393 e. The molecule has 21 heavy (non-hydrogen) atoms. The van der Waals surface area contributed by atoms with Gasteiger partial charge < -0.3 is 16.0 Å². The molecule has 0 spiro atoms. The Kier molecular flexibility index (Phi) is 4.52. The highest BCUT2D eigenvalue weighted by Gasteiger charge is 2.14. The molecule has 5 nitrogen and oxygen atoms in total. The van der Waals surface area contributed by atoms with Gasteiger partial charge in [0.15, 0.2) is 11.6 Å². The van der Waals surface area contributed by atoms with Crippen molar-refractivity contribution in [1.82, 2.24) is 9.97 Å². The first kappa shape index (κ1) is 15.0. The quantitative estimate of drug-likeness (QED) is 0.887. The van der Waals surface area contributed by atoms with Crippen LogP contribution in [0, 0.1) is 11.6 Å². The number of nitrogens with zero attached hydrogens (tertiary/aromatic N) is 3. The second kappa shape index (κ2) is 6.34. The van der Waals surface area contributed by atoms with Gasteiger partial charge >= 0.3 is 0 Å². The van der Waals surface area contributed by atoms with Gasteiger partial charge in [-0.05, 0) is 26.0 Å². The topological polar surface area (TPSA) is 67.1 Å². The van der Waals surface area contributed by atoms with E-state index in [9.17, 15) is 8.78 Å². The van der Waals surface area contributed by atoms with Crippen molar-refractivity contribution in [2.24, 2.45) is 0 Å². The molecule has 0 aliphatic heterocycles. The van der Waals surface area contributed by atoms with Crippen LogP contribution in [0.1, 0.15) is 13.8 Å². The van der Waals surface area contributed by atoms with Gasteiger partial charge in [0, 0.05) is 19.2 Å². The molecule has 0 amide bonds. The van der Waals surface area contributed by atoms with Crippen molar-refractivity contribution in [3.8, 4) is 0 Å². The number of anilines is 4. The van der Waals surface area contributed by atoms with Crippen LogP contribution >= 0.6 is 0 Å². The van der Waals surface area contributed by atoms with Crippen molar-refractivity contribution in [2.45, 2.75) is 13.8 Å². The lowest BCUT2D eigenvalue weighted by Crippen LogP contribution is -2.24. The summed E-state index contributed by atoms with van der Waals surface area (Å²) in [5.41, 5.74) is 6.30. The van der Waals surface area contributed by atoms with Crippen molar-refractivity contribution in [3.05, 3.63) is 36.2 Å². The molecule has 0 fully saturated rings. The minimum atomic E-state index is -0.584. The summed E-state index contributed by atoms with van der Waals surface area (Å²) in [5, 5.41) is 2.71.